The average Bonchev–Trinajstić information content (AvgIpc) is 2.47. The third-order valence-corrected chi connectivity index (χ3v) is 5.64. The molecular formula is C15H25N3O2S. The molecule has 1 aliphatic rings. The van der Waals surface area contributed by atoms with Crippen molar-refractivity contribution in [2.75, 3.05) is 20.1 Å². The van der Waals surface area contributed by atoms with Crippen LogP contribution in [-0.4, -0.2) is 38.9 Å². The molecule has 6 heteroatoms. The number of nitrogens with one attached hydrogen (secondary N) is 2. The molecule has 1 unspecified atom stereocenters. The maximum absolute atomic E-state index is 12.5. The summed E-state index contributed by atoms with van der Waals surface area (Å²) in [6.45, 7) is 3.65. The van der Waals surface area contributed by atoms with Crippen molar-refractivity contribution in [3.8, 4) is 0 Å². The van der Waals surface area contributed by atoms with Crippen molar-refractivity contribution in [3.63, 3.8) is 0 Å². The van der Waals surface area contributed by atoms with Crippen LogP contribution in [0.3, 0.4) is 0 Å². The van der Waals surface area contributed by atoms with Gasteiger partial charge in [0.05, 0.1) is 0 Å². The maximum atomic E-state index is 12.5. The summed E-state index contributed by atoms with van der Waals surface area (Å²) >= 11 is 0. The Morgan fingerprint density at radius 1 is 1.29 bits per heavy atom. The van der Waals surface area contributed by atoms with Gasteiger partial charge in [-0.25, -0.2) is 0 Å². The minimum absolute atomic E-state index is 0.0538. The second-order valence-electron chi connectivity index (χ2n) is 5.57. The Bertz CT molecular complexity index is 558. The molecule has 5 nitrogen and oxygen atoms in total. The molecule has 2 N–H and O–H groups in total. The van der Waals surface area contributed by atoms with E-state index in [4.69, 9.17) is 0 Å². The van der Waals surface area contributed by atoms with Crippen molar-refractivity contribution in [2.45, 2.75) is 38.8 Å². The minimum atomic E-state index is -3.43. The number of benzene rings is 1. The average molecular weight is 311 g/mol. The monoisotopic (exact) mass is 311 g/mol. The molecule has 1 fully saturated rings. The number of rotatable bonds is 6. The first kappa shape index (κ1) is 16.4. The van der Waals surface area contributed by atoms with Gasteiger partial charge in [0.25, 0.3) is 10.2 Å². The zero-order valence-electron chi connectivity index (χ0n) is 12.8. The lowest BCUT2D eigenvalue weighted by molar-refractivity contribution is 0.246. The minimum Gasteiger partial charge on any atom is -0.318 e. The van der Waals surface area contributed by atoms with E-state index in [1.807, 2.05) is 38.2 Å². The van der Waals surface area contributed by atoms with Crippen LogP contribution in [0.15, 0.2) is 24.3 Å². The largest absolute Gasteiger partial charge is 0.318 e. The van der Waals surface area contributed by atoms with E-state index in [2.05, 4.69) is 10.0 Å². The highest BCUT2D eigenvalue weighted by Crippen LogP contribution is 2.19. The van der Waals surface area contributed by atoms with Gasteiger partial charge in [0.1, 0.15) is 0 Å². The molecule has 118 valence electrons. The first-order valence-electron chi connectivity index (χ1n) is 7.50. The van der Waals surface area contributed by atoms with Crippen LogP contribution in [0.5, 0.6) is 0 Å². The Kier molecular flexibility index (Phi) is 5.75. The van der Waals surface area contributed by atoms with Gasteiger partial charge in [-0.2, -0.15) is 17.4 Å². The van der Waals surface area contributed by atoms with Crippen LogP contribution in [0, 0.1) is 6.92 Å². The third kappa shape index (κ3) is 4.26. The van der Waals surface area contributed by atoms with E-state index >= 15 is 0 Å². The molecule has 1 aliphatic heterocycles. The molecule has 1 heterocycles. The maximum Gasteiger partial charge on any atom is 0.280 e. The summed E-state index contributed by atoms with van der Waals surface area (Å²) in [6.07, 6.45) is 2.95. The van der Waals surface area contributed by atoms with Gasteiger partial charge in [-0.3, -0.25) is 0 Å². The molecule has 0 amide bonds. The zero-order valence-corrected chi connectivity index (χ0v) is 13.6. The molecule has 0 bridgehead atoms. The summed E-state index contributed by atoms with van der Waals surface area (Å²) in [7, 11) is -1.57. The van der Waals surface area contributed by atoms with Gasteiger partial charge in [-0.15, -0.1) is 0 Å². The highest BCUT2D eigenvalue weighted by Gasteiger charge is 2.31. The van der Waals surface area contributed by atoms with Crippen LogP contribution >= 0.6 is 0 Å². The van der Waals surface area contributed by atoms with E-state index in [1.165, 1.54) is 0 Å². The van der Waals surface area contributed by atoms with E-state index in [-0.39, 0.29) is 6.04 Å². The number of aryl methyl sites for hydroxylation is 1. The fraction of sp³-hybridized carbons (Fsp3) is 0.600. The van der Waals surface area contributed by atoms with Crippen molar-refractivity contribution < 1.29 is 8.42 Å². The number of piperidine rings is 1. The van der Waals surface area contributed by atoms with Gasteiger partial charge < -0.3 is 5.32 Å². The molecule has 1 saturated heterocycles. The van der Waals surface area contributed by atoms with E-state index in [0.717, 1.165) is 30.4 Å². The van der Waals surface area contributed by atoms with Crippen LogP contribution < -0.4 is 10.0 Å². The van der Waals surface area contributed by atoms with E-state index in [0.29, 0.717) is 19.6 Å². The van der Waals surface area contributed by atoms with E-state index in [9.17, 15) is 8.42 Å². The smallest absolute Gasteiger partial charge is 0.280 e. The van der Waals surface area contributed by atoms with Crippen LogP contribution in [0.1, 0.15) is 30.4 Å². The van der Waals surface area contributed by atoms with Crippen LogP contribution in [0.2, 0.25) is 0 Å². The topological polar surface area (TPSA) is 61.4 Å². The summed E-state index contributed by atoms with van der Waals surface area (Å²) in [6, 6.07) is 7.90. The third-order valence-electron chi connectivity index (χ3n) is 4.03. The molecule has 0 aromatic heterocycles. The van der Waals surface area contributed by atoms with Crippen LogP contribution in [0.25, 0.3) is 0 Å². The molecular weight excluding hydrogens is 286 g/mol. The molecule has 2 rings (SSSR count). The Hall–Kier alpha value is -0.950. The molecule has 0 spiro atoms. The van der Waals surface area contributed by atoms with Crippen LogP contribution in [-0.2, 0) is 16.8 Å². The fourth-order valence-electron chi connectivity index (χ4n) is 2.79. The summed E-state index contributed by atoms with van der Waals surface area (Å²) in [5, 5.41) is 3.09. The quantitative estimate of drug-likeness (QED) is 0.835. The standard InChI is InChI=1S/C15H25N3O2S/c1-13-7-3-4-8-14(13)11-17-21(19,20)18-10-6-5-9-15(18)12-16-2/h3-4,7-8,15-17H,5-6,9-12H2,1-2H3. The highest BCUT2D eigenvalue weighted by atomic mass is 32.2. The van der Waals surface area contributed by atoms with Crippen molar-refractivity contribution in [1.29, 1.82) is 0 Å². The molecule has 0 aliphatic carbocycles. The Labute approximate surface area is 127 Å². The van der Waals surface area contributed by atoms with E-state index in [1.54, 1.807) is 4.31 Å². The highest BCUT2D eigenvalue weighted by molar-refractivity contribution is 7.87. The normalized spacial score (nSPS) is 20.6. The van der Waals surface area contributed by atoms with Crippen LogP contribution in [0.4, 0.5) is 0 Å². The second kappa shape index (κ2) is 7.35. The number of hydrogen-bond donors (Lipinski definition) is 2. The lowest BCUT2D eigenvalue weighted by Crippen LogP contribution is -2.51. The van der Waals surface area contributed by atoms with Gasteiger partial charge >= 0.3 is 0 Å². The number of hydrogen-bond acceptors (Lipinski definition) is 3. The van der Waals surface area contributed by atoms with Crippen molar-refractivity contribution in [3.05, 3.63) is 35.4 Å². The van der Waals surface area contributed by atoms with Gasteiger partial charge in [0, 0.05) is 25.7 Å². The molecule has 1 aromatic carbocycles. The molecule has 21 heavy (non-hydrogen) atoms. The Balaban J connectivity index is 2.05. The zero-order chi connectivity index (χ0) is 15.3. The van der Waals surface area contributed by atoms with Gasteiger partial charge in [0.15, 0.2) is 0 Å². The molecule has 0 saturated carbocycles. The number of likely N-dealkylation sites (N-methyl/N-ethyl adjacent to an activating group) is 1. The van der Waals surface area contributed by atoms with Gasteiger partial charge in [-0.1, -0.05) is 30.7 Å². The summed E-state index contributed by atoms with van der Waals surface area (Å²) in [5.74, 6) is 0. The first-order chi connectivity index (χ1) is 10.0. The summed E-state index contributed by atoms with van der Waals surface area (Å²) < 4.78 is 29.4. The van der Waals surface area contributed by atoms with Gasteiger partial charge in [-0.05, 0) is 37.9 Å². The number of nitrogens with zero attached hydrogens (tertiary/aromatic N) is 1. The molecule has 0 radical (unpaired) electrons. The first-order valence-corrected chi connectivity index (χ1v) is 8.94. The van der Waals surface area contributed by atoms with Crippen molar-refractivity contribution in [2.24, 2.45) is 0 Å². The molecule has 1 aromatic rings. The SMILES string of the molecule is CNCC1CCCCN1S(=O)(=O)NCc1ccccc1C. The predicted molar refractivity (Wildman–Crippen MR) is 85.2 cm³/mol. The summed E-state index contributed by atoms with van der Waals surface area (Å²) in [5.41, 5.74) is 2.12. The summed E-state index contributed by atoms with van der Waals surface area (Å²) in [4.78, 5) is 0. The predicted octanol–water partition coefficient (Wildman–Crippen LogP) is 1.40. The Morgan fingerprint density at radius 3 is 2.76 bits per heavy atom. The fourth-order valence-corrected chi connectivity index (χ4v) is 4.24. The Morgan fingerprint density at radius 2 is 2.05 bits per heavy atom. The van der Waals surface area contributed by atoms with Gasteiger partial charge in [0.2, 0.25) is 0 Å². The van der Waals surface area contributed by atoms with Crippen molar-refractivity contribution >= 4 is 10.2 Å². The van der Waals surface area contributed by atoms with E-state index < -0.39 is 10.2 Å². The van der Waals surface area contributed by atoms with Crippen molar-refractivity contribution in [1.82, 2.24) is 14.3 Å². The molecule has 1 atom stereocenters. The second-order valence-corrected chi connectivity index (χ2v) is 7.28. The lowest BCUT2D eigenvalue weighted by Gasteiger charge is -2.34. The lowest BCUT2D eigenvalue weighted by atomic mass is 10.1.